The topological polar surface area (TPSA) is 32.3 Å². The summed E-state index contributed by atoms with van der Waals surface area (Å²) in [4.78, 5) is 0. The van der Waals surface area contributed by atoms with Gasteiger partial charge in [-0.05, 0) is 43.5 Å². The molecule has 0 amide bonds. The first kappa shape index (κ1) is 10.4. The van der Waals surface area contributed by atoms with E-state index in [0.29, 0.717) is 5.56 Å². The third-order valence-electron chi connectivity index (χ3n) is 2.87. The molecule has 0 unspecified atom stereocenters. The molecule has 2 nitrogen and oxygen atoms in total. The second-order valence-electron chi connectivity index (χ2n) is 3.83. The van der Waals surface area contributed by atoms with E-state index in [1.807, 2.05) is 0 Å². The summed E-state index contributed by atoms with van der Waals surface area (Å²) in [6.07, 6.45) is 1.61. The van der Waals surface area contributed by atoms with E-state index in [4.69, 9.17) is 5.11 Å². The fraction of sp³-hybridized carbons (Fsp3) is 0.455. The minimum Gasteiger partial charge on any atom is -0.505 e. The molecule has 1 aromatic rings. The second kappa shape index (κ2) is 4.14. The highest BCUT2D eigenvalue weighted by Gasteiger charge is 2.21. The van der Waals surface area contributed by atoms with Gasteiger partial charge < -0.3 is 10.4 Å². The molecule has 82 valence electrons. The van der Waals surface area contributed by atoms with Crippen molar-refractivity contribution in [2.24, 2.45) is 0 Å². The van der Waals surface area contributed by atoms with Crippen LogP contribution >= 0.6 is 0 Å². The van der Waals surface area contributed by atoms with E-state index in [2.05, 4.69) is 5.32 Å². The van der Waals surface area contributed by atoms with E-state index in [9.17, 15) is 8.78 Å². The third kappa shape index (κ3) is 1.95. The quantitative estimate of drug-likeness (QED) is 0.749. The van der Waals surface area contributed by atoms with Crippen molar-refractivity contribution in [3.63, 3.8) is 0 Å². The molecule has 0 saturated carbocycles. The van der Waals surface area contributed by atoms with Crippen LogP contribution < -0.4 is 5.32 Å². The number of rotatable bonds is 1. The summed E-state index contributed by atoms with van der Waals surface area (Å²) in [6.45, 7) is 1.65. The summed E-state index contributed by atoms with van der Waals surface area (Å²) in [5, 5.41) is 12.2. The van der Waals surface area contributed by atoms with Crippen molar-refractivity contribution in [1.29, 1.82) is 0 Å². The minimum absolute atomic E-state index is 0.0568. The van der Waals surface area contributed by atoms with E-state index in [1.54, 1.807) is 0 Å². The third-order valence-corrected chi connectivity index (χ3v) is 2.87. The first-order chi connectivity index (χ1) is 7.20. The Labute approximate surface area is 86.9 Å². The zero-order chi connectivity index (χ0) is 10.8. The molecular formula is C11H13F2NO. The number of aromatic hydroxyl groups is 1. The molecule has 15 heavy (non-hydrogen) atoms. The van der Waals surface area contributed by atoms with Crippen LogP contribution in [0.2, 0.25) is 0 Å². The Hall–Kier alpha value is -1.16. The predicted molar refractivity (Wildman–Crippen MR) is 52.9 cm³/mol. The molecule has 1 aliphatic rings. The lowest BCUT2D eigenvalue weighted by Crippen LogP contribution is -2.27. The van der Waals surface area contributed by atoms with Gasteiger partial charge in [-0.3, -0.25) is 0 Å². The lowest BCUT2D eigenvalue weighted by molar-refractivity contribution is 0.391. The molecule has 0 spiro atoms. The Morgan fingerprint density at radius 3 is 2.47 bits per heavy atom. The molecule has 1 saturated heterocycles. The smallest absolute Gasteiger partial charge is 0.200 e. The van der Waals surface area contributed by atoms with Crippen LogP contribution in [-0.2, 0) is 0 Å². The van der Waals surface area contributed by atoms with Gasteiger partial charge in [0, 0.05) is 0 Å². The highest BCUT2D eigenvalue weighted by atomic mass is 19.2. The maximum atomic E-state index is 13.5. The van der Waals surface area contributed by atoms with Crippen LogP contribution in [0, 0.1) is 11.6 Å². The van der Waals surface area contributed by atoms with E-state index in [-0.39, 0.29) is 5.92 Å². The molecule has 4 heteroatoms. The van der Waals surface area contributed by atoms with E-state index in [0.717, 1.165) is 25.9 Å². The van der Waals surface area contributed by atoms with Gasteiger partial charge in [0.25, 0.3) is 0 Å². The maximum absolute atomic E-state index is 13.5. The molecule has 1 aliphatic heterocycles. The van der Waals surface area contributed by atoms with Crippen molar-refractivity contribution in [1.82, 2.24) is 5.32 Å². The molecule has 0 atom stereocenters. The molecule has 1 fully saturated rings. The summed E-state index contributed by atoms with van der Waals surface area (Å²) >= 11 is 0. The molecule has 0 aromatic heterocycles. The lowest BCUT2D eigenvalue weighted by Gasteiger charge is -2.23. The Morgan fingerprint density at radius 2 is 1.80 bits per heavy atom. The van der Waals surface area contributed by atoms with Crippen molar-refractivity contribution < 1.29 is 13.9 Å². The lowest BCUT2D eigenvalue weighted by atomic mass is 9.90. The predicted octanol–water partition coefficient (Wildman–Crippen LogP) is 2.14. The van der Waals surface area contributed by atoms with Gasteiger partial charge in [-0.2, -0.15) is 4.39 Å². The molecule has 0 bridgehead atoms. The maximum Gasteiger partial charge on any atom is 0.200 e. The number of phenols is 1. The summed E-state index contributed by atoms with van der Waals surface area (Å²) in [6, 6.07) is 2.69. The number of halogens is 2. The van der Waals surface area contributed by atoms with Gasteiger partial charge in [0.05, 0.1) is 0 Å². The van der Waals surface area contributed by atoms with Crippen molar-refractivity contribution in [3.05, 3.63) is 29.3 Å². The van der Waals surface area contributed by atoms with Gasteiger partial charge in [0.2, 0.25) is 5.82 Å². The fourth-order valence-corrected chi connectivity index (χ4v) is 2.00. The number of hydrogen-bond donors (Lipinski definition) is 2. The second-order valence-corrected chi connectivity index (χ2v) is 3.83. The van der Waals surface area contributed by atoms with E-state index in [1.165, 1.54) is 12.1 Å². The molecular weight excluding hydrogens is 200 g/mol. The first-order valence-electron chi connectivity index (χ1n) is 5.07. The zero-order valence-electron chi connectivity index (χ0n) is 8.26. The minimum atomic E-state index is -1.13. The summed E-state index contributed by atoms with van der Waals surface area (Å²) in [5.41, 5.74) is 0.381. The average molecular weight is 213 g/mol. The first-order valence-corrected chi connectivity index (χ1v) is 5.07. The van der Waals surface area contributed by atoms with Gasteiger partial charge in [-0.1, -0.05) is 6.07 Å². The van der Waals surface area contributed by atoms with Crippen molar-refractivity contribution >= 4 is 0 Å². The Bertz CT molecular complexity index is 362. The molecule has 0 aliphatic carbocycles. The summed E-state index contributed by atoms with van der Waals surface area (Å²) in [7, 11) is 0. The van der Waals surface area contributed by atoms with Gasteiger partial charge >= 0.3 is 0 Å². The van der Waals surface area contributed by atoms with Crippen molar-refractivity contribution in [3.8, 4) is 5.75 Å². The number of hydrogen-bond acceptors (Lipinski definition) is 2. The number of phenolic OH excluding ortho intramolecular Hbond substituents is 1. The van der Waals surface area contributed by atoms with Gasteiger partial charge in [-0.15, -0.1) is 0 Å². The van der Waals surface area contributed by atoms with E-state index < -0.39 is 17.4 Å². The van der Waals surface area contributed by atoms with Gasteiger partial charge in [0.15, 0.2) is 11.6 Å². The van der Waals surface area contributed by atoms with Gasteiger partial charge in [-0.25, -0.2) is 4.39 Å². The van der Waals surface area contributed by atoms with Gasteiger partial charge in [0.1, 0.15) is 0 Å². The highest BCUT2D eigenvalue weighted by Crippen LogP contribution is 2.31. The summed E-state index contributed by atoms with van der Waals surface area (Å²) < 4.78 is 26.6. The Morgan fingerprint density at radius 1 is 1.13 bits per heavy atom. The van der Waals surface area contributed by atoms with Crippen LogP contribution in [0.1, 0.15) is 24.3 Å². The highest BCUT2D eigenvalue weighted by molar-refractivity contribution is 5.32. The SMILES string of the molecule is Oc1ccc(C2CCNCC2)c(F)c1F. The molecule has 2 rings (SSSR count). The van der Waals surface area contributed by atoms with Crippen molar-refractivity contribution in [2.75, 3.05) is 13.1 Å². The van der Waals surface area contributed by atoms with Crippen LogP contribution in [-0.4, -0.2) is 18.2 Å². The van der Waals surface area contributed by atoms with Crippen LogP contribution in [0.4, 0.5) is 8.78 Å². The Balaban J connectivity index is 2.31. The number of benzene rings is 1. The largest absolute Gasteiger partial charge is 0.505 e. The molecule has 1 heterocycles. The van der Waals surface area contributed by atoms with Crippen LogP contribution in [0.5, 0.6) is 5.75 Å². The van der Waals surface area contributed by atoms with Crippen LogP contribution in [0.3, 0.4) is 0 Å². The average Bonchev–Trinajstić information content (AvgIpc) is 2.27. The normalized spacial score (nSPS) is 18.0. The molecule has 0 radical (unpaired) electrons. The van der Waals surface area contributed by atoms with E-state index >= 15 is 0 Å². The Kier molecular flexibility index (Phi) is 2.86. The van der Waals surface area contributed by atoms with Crippen LogP contribution in [0.25, 0.3) is 0 Å². The van der Waals surface area contributed by atoms with Crippen LogP contribution in [0.15, 0.2) is 12.1 Å². The summed E-state index contributed by atoms with van der Waals surface area (Å²) in [5.74, 6) is -2.60. The fourth-order valence-electron chi connectivity index (χ4n) is 2.00. The zero-order valence-corrected chi connectivity index (χ0v) is 8.26. The molecule has 2 N–H and O–H groups in total. The number of piperidine rings is 1. The monoisotopic (exact) mass is 213 g/mol. The standard InChI is InChI=1S/C11H13F2NO/c12-10-8(1-2-9(15)11(10)13)7-3-5-14-6-4-7/h1-2,7,14-15H,3-6H2. The number of nitrogens with one attached hydrogen (secondary N) is 1. The molecule has 1 aromatic carbocycles. The van der Waals surface area contributed by atoms with Crippen molar-refractivity contribution in [2.45, 2.75) is 18.8 Å².